The van der Waals surface area contributed by atoms with Gasteiger partial charge in [0.15, 0.2) is 0 Å². The van der Waals surface area contributed by atoms with E-state index in [4.69, 9.17) is 0 Å². The quantitative estimate of drug-likeness (QED) is 0.700. The van der Waals surface area contributed by atoms with Crippen LogP contribution in [0.4, 0.5) is 5.69 Å². The van der Waals surface area contributed by atoms with Gasteiger partial charge in [0.05, 0.1) is 5.69 Å². The van der Waals surface area contributed by atoms with E-state index in [1.54, 1.807) is 6.92 Å². The van der Waals surface area contributed by atoms with E-state index in [1.165, 1.54) is 5.56 Å². The molecule has 0 atom stereocenters. The molecule has 0 aliphatic carbocycles. The monoisotopic (exact) mass is 301 g/mol. The highest BCUT2D eigenvalue weighted by Gasteiger charge is 2.13. The topological polar surface area (TPSA) is 29.1 Å². The van der Waals surface area contributed by atoms with Crippen molar-refractivity contribution in [2.45, 2.75) is 13.8 Å². The molecule has 0 bridgehead atoms. The number of hydrogen-bond donors (Lipinski definition) is 1. The van der Waals surface area contributed by atoms with E-state index in [0.717, 1.165) is 27.9 Å². The van der Waals surface area contributed by atoms with Gasteiger partial charge in [-0.05, 0) is 29.2 Å². The van der Waals surface area contributed by atoms with Crippen LogP contribution >= 0.6 is 0 Å². The second-order valence-electron chi connectivity index (χ2n) is 5.59. The minimum Gasteiger partial charge on any atom is -0.326 e. The fourth-order valence-electron chi connectivity index (χ4n) is 2.82. The maximum absolute atomic E-state index is 11.6. The molecule has 1 N–H and O–H groups in total. The van der Waals surface area contributed by atoms with Gasteiger partial charge < -0.3 is 5.32 Å². The zero-order valence-electron chi connectivity index (χ0n) is 13.3. The summed E-state index contributed by atoms with van der Waals surface area (Å²) in [5, 5.41) is 2.98. The SMILES string of the molecule is CC(=O)Nc1c(C)cccc1-c1ccccc1-c1ccccc1. The van der Waals surface area contributed by atoms with Gasteiger partial charge in [0.2, 0.25) is 5.91 Å². The Morgan fingerprint density at radius 1 is 0.739 bits per heavy atom. The Hall–Kier alpha value is -2.87. The van der Waals surface area contributed by atoms with Gasteiger partial charge in [-0.2, -0.15) is 0 Å². The number of para-hydroxylation sites is 1. The zero-order chi connectivity index (χ0) is 16.2. The van der Waals surface area contributed by atoms with Crippen molar-refractivity contribution in [3.8, 4) is 22.3 Å². The molecule has 3 aromatic carbocycles. The first-order chi connectivity index (χ1) is 11.2. The van der Waals surface area contributed by atoms with Crippen LogP contribution in [-0.2, 0) is 4.79 Å². The highest BCUT2D eigenvalue weighted by Crippen LogP contribution is 2.37. The smallest absolute Gasteiger partial charge is 0.221 e. The molecule has 2 heteroatoms. The summed E-state index contributed by atoms with van der Waals surface area (Å²) in [5.41, 5.74) is 6.42. The van der Waals surface area contributed by atoms with Crippen LogP contribution in [0.2, 0.25) is 0 Å². The predicted molar refractivity (Wildman–Crippen MR) is 96.4 cm³/mol. The summed E-state index contributed by atoms with van der Waals surface area (Å²) in [6.45, 7) is 3.55. The highest BCUT2D eigenvalue weighted by atomic mass is 16.1. The Balaban J connectivity index is 2.21. The average Bonchev–Trinajstić information content (AvgIpc) is 2.57. The van der Waals surface area contributed by atoms with Crippen molar-refractivity contribution in [1.29, 1.82) is 0 Å². The molecule has 3 rings (SSSR count). The summed E-state index contributed by atoms with van der Waals surface area (Å²) in [7, 11) is 0. The van der Waals surface area contributed by atoms with E-state index in [0.29, 0.717) is 0 Å². The molecule has 23 heavy (non-hydrogen) atoms. The number of amides is 1. The van der Waals surface area contributed by atoms with Gasteiger partial charge in [-0.3, -0.25) is 4.79 Å². The molecule has 0 spiro atoms. The first kappa shape index (κ1) is 15.0. The predicted octanol–water partition coefficient (Wildman–Crippen LogP) is 5.29. The molecule has 0 aliphatic heterocycles. The summed E-state index contributed by atoms with van der Waals surface area (Å²) in [5.74, 6) is -0.0576. The van der Waals surface area contributed by atoms with Crippen molar-refractivity contribution >= 4 is 11.6 Å². The minimum atomic E-state index is -0.0576. The Bertz CT molecular complexity index is 837. The summed E-state index contributed by atoms with van der Waals surface area (Å²) < 4.78 is 0. The van der Waals surface area contributed by atoms with E-state index < -0.39 is 0 Å². The summed E-state index contributed by atoms with van der Waals surface area (Å²) >= 11 is 0. The molecule has 114 valence electrons. The maximum Gasteiger partial charge on any atom is 0.221 e. The third kappa shape index (κ3) is 3.16. The Morgan fingerprint density at radius 3 is 2.04 bits per heavy atom. The van der Waals surface area contributed by atoms with Crippen molar-refractivity contribution in [2.75, 3.05) is 5.32 Å². The summed E-state index contributed by atoms with van der Waals surface area (Å²) in [6.07, 6.45) is 0. The van der Waals surface area contributed by atoms with Gasteiger partial charge in [-0.15, -0.1) is 0 Å². The Morgan fingerprint density at radius 2 is 1.35 bits per heavy atom. The van der Waals surface area contributed by atoms with Crippen LogP contribution in [-0.4, -0.2) is 5.91 Å². The molecule has 0 aromatic heterocycles. The first-order valence-corrected chi connectivity index (χ1v) is 7.69. The van der Waals surface area contributed by atoms with Crippen LogP contribution in [0.1, 0.15) is 12.5 Å². The third-order valence-electron chi connectivity index (χ3n) is 3.88. The van der Waals surface area contributed by atoms with Crippen LogP contribution in [0.25, 0.3) is 22.3 Å². The van der Waals surface area contributed by atoms with Gasteiger partial charge in [0.1, 0.15) is 0 Å². The van der Waals surface area contributed by atoms with Crippen LogP contribution in [0, 0.1) is 6.92 Å². The van der Waals surface area contributed by atoms with E-state index in [9.17, 15) is 4.79 Å². The highest BCUT2D eigenvalue weighted by molar-refractivity contribution is 5.98. The lowest BCUT2D eigenvalue weighted by Crippen LogP contribution is -2.08. The molecule has 0 fully saturated rings. The zero-order valence-corrected chi connectivity index (χ0v) is 13.3. The van der Waals surface area contributed by atoms with Crippen LogP contribution in [0.5, 0.6) is 0 Å². The second kappa shape index (κ2) is 6.49. The van der Waals surface area contributed by atoms with Crippen molar-refractivity contribution in [1.82, 2.24) is 0 Å². The third-order valence-corrected chi connectivity index (χ3v) is 3.88. The molecule has 1 amide bonds. The number of aryl methyl sites for hydroxylation is 1. The molecule has 0 radical (unpaired) electrons. The van der Waals surface area contributed by atoms with Crippen LogP contribution in [0.15, 0.2) is 72.8 Å². The van der Waals surface area contributed by atoms with Crippen LogP contribution < -0.4 is 5.32 Å². The van der Waals surface area contributed by atoms with E-state index in [-0.39, 0.29) is 5.91 Å². The first-order valence-electron chi connectivity index (χ1n) is 7.69. The van der Waals surface area contributed by atoms with Gasteiger partial charge in [-0.1, -0.05) is 72.8 Å². The Kier molecular flexibility index (Phi) is 4.24. The molecule has 0 heterocycles. The lowest BCUT2D eigenvalue weighted by molar-refractivity contribution is -0.114. The maximum atomic E-state index is 11.6. The molecule has 0 saturated carbocycles. The van der Waals surface area contributed by atoms with Crippen LogP contribution in [0.3, 0.4) is 0 Å². The number of hydrogen-bond acceptors (Lipinski definition) is 1. The second-order valence-corrected chi connectivity index (χ2v) is 5.59. The normalized spacial score (nSPS) is 10.3. The Labute approximate surface area is 136 Å². The summed E-state index contributed by atoms with van der Waals surface area (Å²) in [6, 6.07) is 24.7. The van der Waals surface area contributed by atoms with Gasteiger partial charge >= 0.3 is 0 Å². The fraction of sp³-hybridized carbons (Fsp3) is 0.0952. The largest absolute Gasteiger partial charge is 0.326 e. The number of rotatable bonds is 3. The molecule has 0 saturated heterocycles. The van der Waals surface area contributed by atoms with E-state index >= 15 is 0 Å². The van der Waals surface area contributed by atoms with Crippen molar-refractivity contribution in [2.24, 2.45) is 0 Å². The number of carbonyl (C=O) groups is 1. The van der Waals surface area contributed by atoms with Crippen molar-refractivity contribution in [3.05, 3.63) is 78.4 Å². The number of benzene rings is 3. The number of nitrogens with one attached hydrogen (secondary N) is 1. The van der Waals surface area contributed by atoms with Crippen molar-refractivity contribution < 1.29 is 4.79 Å². The molecule has 2 nitrogen and oxygen atoms in total. The summed E-state index contributed by atoms with van der Waals surface area (Å²) in [4.78, 5) is 11.6. The minimum absolute atomic E-state index is 0.0576. The lowest BCUT2D eigenvalue weighted by Gasteiger charge is -2.16. The van der Waals surface area contributed by atoms with E-state index in [2.05, 4.69) is 35.6 Å². The van der Waals surface area contributed by atoms with Gasteiger partial charge in [0, 0.05) is 12.5 Å². The molecule has 0 aliphatic rings. The van der Waals surface area contributed by atoms with Gasteiger partial charge in [0.25, 0.3) is 0 Å². The van der Waals surface area contributed by atoms with Crippen molar-refractivity contribution in [3.63, 3.8) is 0 Å². The molecular formula is C21H19NO. The average molecular weight is 301 g/mol. The molecule has 0 unspecified atom stereocenters. The lowest BCUT2D eigenvalue weighted by atomic mass is 9.92. The fourth-order valence-corrected chi connectivity index (χ4v) is 2.82. The van der Waals surface area contributed by atoms with E-state index in [1.807, 2.05) is 49.4 Å². The number of carbonyl (C=O) groups excluding carboxylic acids is 1. The number of anilines is 1. The molecular weight excluding hydrogens is 282 g/mol. The standard InChI is InChI=1S/C21H19NO/c1-15-9-8-14-20(21(15)22-16(2)23)19-13-7-6-12-18(19)17-10-4-3-5-11-17/h3-14H,1-2H3,(H,22,23). The van der Waals surface area contributed by atoms with Gasteiger partial charge in [-0.25, -0.2) is 0 Å². The molecule has 3 aromatic rings.